The van der Waals surface area contributed by atoms with E-state index in [2.05, 4.69) is 25.9 Å². The van der Waals surface area contributed by atoms with Crippen molar-refractivity contribution < 1.29 is 4.42 Å². The number of halogens is 2. The molecule has 0 bridgehead atoms. The number of nitrogens with zero attached hydrogens (tertiary/aromatic N) is 2. The van der Waals surface area contributed by atoms with E-state index in [1.54, 1.807) is 6.07 Å². The quantitative estimate of drug-likeness (QED) is 0.681. The first-order valence-corrected chi connectivity index (χ1v) is 4.46. The van der Waals surface area contributed by atoms with E-state index in [4.69, 9.17) is 16.0 Å². The van der Waals surface area contributed by atoms with Crippen molar-refractivity contribution in [3.63, 3.8) is 0 Å². The minimum absolute atomic E-state index is 0.0537. The lowest BCUT2D eigenvalue weighted by molar-refractivity contribution is 0.544. The lowest BCUT2D eigenvalue weighted by Gasteiger charge is -1.94. The molecule has 0 radical (unpaired) electrons. The largest absolute Gasteiger partial charge is 0.403 e. The third-order valence-corrected chi connectivity index (χ3v) is 2.15. The third kappa shape index (κ3) is 1.57. The fourth-order valence-corrected chi connectivity index (χ4v) is 1.32. The molecule has 0 aliphatic carbocycles. The normalized spacial score (nSPS) is 10.6. The van der Waals surface area contributed by atoms with Crippen LogP contribution in [0.5, 0.6) is 0 Å². The third-order valence-electron chi connectivity index (χ3n) is 1.42. The lowest BCUT2D eigenvalue weighted by atomic mass is 10.4. The van der Waals surface area contributed by atoms with Crippen molar-refractivity contribution in [1.82, 2.24) is 9.97 Å². The van der Waals surface area contributed by atoms with Crippen molar-refractivity contribution in [2.75, 3.05) is 0 Å². The van der Waals surface area contributed by atoms with E-state index in [9.17, 15) is 4.79 Å². The van der Waals surface area contributed by atoms with Gasteiger partial charge in [-0.05, 0) is 33.6 Å². The molecule has 13 heavy (non-hydrogen) atoms. The fourth-order valence-electron chi connectivity index (χ4n) is 0.868. The van der Waals surface area contributed by atoms with Crippen LogP contribution < -0.4 is 5.63 Å². The Kier molecular flexibility index (Phi) is 2.05. The summed E-state index contributed by atoms with van der Waals surface area (Å²) in [5.41, 5.74) is -0.296. The van der Waals surface area contributed by atoms with E-state index in [0.29, 0.717) is 9.86 Å². The smallest absolute Gasteiger partial charge is 0.352 e. The molecule has 66 valence electrons. The standard InChI is InChI=1S/C7H2BrClN2O2/c8-4-1-3-2-10-7(9)11-5(3)13-6(4)12/h1-2H. The molecule has 2 aromatic heterocycles. The molecule has 0 N–H and O–H groups in total. The van der Waals surface area contributed by atoms with Crippen molar-refractivity contribution in [3.8, 4) is 0 Å². The van der Waals surface area contributed by atoms with Crippen molar-refractivity contribution in [2.45, 2.75) is 0 Å². The zero-order valence-electron chi connectivity index (χ0n) is 6.12. The number of fused-ring (bicyclic) bond motifs is 1. The number of rotatable bonds is 0. The molecule has 4 nitrogen and oxygen atoms in total. The van der Waals surface area contributed by atoms with Gasteiger partial charge >= 0.3 is 5.63 Å². The predicted octanol–water partition coefficient (Wildman–Crippen LogP) is 2.00. The summed E-state index contributed by atoms with van der Waals surface area (Å²) in [5, 5.41) is 0.675. The monoisotopic (exact) mass is 260 g/mol. The first-order chi connectivity index (χ1) is 6.16. The maximum Gasteiger partial charge on any atom is 0.352 e. The Morgan fingerprint density at radius 3 is 3.08 bits per heavy atom. The van der Waals surface area contributed by atoms with E-state index in [1.165, 1.54) is 6.20 Å². The van der Waals surface area contributed by atoms with Gasteiger partial charge in [0.15, 0.2) is 0 Å². The van der Waals surface area contributed by atoms with Gasteiger partial charge in [-0.1, -0.05) is 0 Å². The Balaban J connectivity index is 2.89. The van der Waals surface area contributed by atoms with Crippen LogP contribution in [-0.4, -0.2) is 9.97 Å². The average molecular weight is 261 g/mol. The second kappa shape index (κ2) is 3.08. The predicted molar refractivity (Wildman–Crippen MR) is 50.8 cm³/mol. The van der Waals surface area contributed by atoms with Crippen LogP contribution in [0.15, 0.2) is 25.9 Å². The van der Waals surface area contributed by atoms with Crippen LogP contribution >= 0.6 is 27.5 Å². The van der Waals surface area contributed by atoms with Gasteiger partial charge < -0.3 is 4.42 Å². The highest BCUT2D eigenvalue weighted by Crippen LogP contribution is 2.14. The molecular weight excluding hydrogens is 259 g/mol. The Morgan fingerprint density at radius 1 is 1.54 bits per heavy atom. The van der Waals surface area contributed by atoms with Gasteiger partial charge in [0.2, 0.25) is 11.0 Å². The maximum absolute atomic E-state index is 11.0. The summed E-state index contributed by atoms with van der Waals surface area (Å²) < 4.78 is 5.17. The van der Waals surface area contributed by atoms with E-state index in [1.807, 2.05) is 0 Å². The van der Waals surface area contributed by atoms with Crippen molar-refractivity contribution >= 4 is 38.6 Å². The molecule has 0 atom stereocenters. The van der Waals surface area contributed by atoms with Crippen LogP contribution in [-0.2, 0) is 0 Å². The number of aromatic nitrogens is 2. The molecule has 0 unspecified atom stereocenters. The van der Waals surface area contributed by atoms with Crippen molar-refractivity contribution in [2.24, 2.45) is 0 Å². The minimum atomic E-state index is -0.484. The first kappa shape index (κ1) is 8.65. The second-order valence-corrected chi connectivity index (χ2v) is 3.47. The molecule has 2 heterocycles. The molecule has 0 saturated carbocycles. The van der Waals surface area contributed by atoms with Gasteiger partial charge in [0.25, 0.3) is 0 Å². The zero-order chi connectivity index (χ0) is 9.42. The Bertz CT molecular complexity index is 525. The summed E-state index contributed by atoms with van der Waals surface area (Å²) in [7, 11) is 0. The second-order valence-electron chi connectivity index (χ2n) is 2.28. The molecule has 0 saturated heterocycles. The van der Waals surface area contributed by atoms with Gasteiger partial charge in [-0.3, -0.25) is 0 Å². The summed E-state index contributed by atoms with van der Waals surface area (Å²) >= 11 is 8.55. The Labute approximate surface area is 85.7 Å². The Hall–Kier alpha value is -0.940. The zero-order valence-corrected chi connectivity index (χ0v) is 8.46. The van der Waals surface area contributed by atoms with Crippen LogP contribution in [0.1, 0.15) is 0 Å². The summed E-state index contributed by atoms with van der Waals surface area (Å²) in [6, 6.07) is 1.58. The maximum atomic E-state index is 11.0. The van der Waals surface area contributed by atoms with Crippen LogP contribution in [0.3, 0.4) is 0 Å². The van der Waals surface area contributed by atoms with Gasteiger partial charge in [-0.25, -0.2) is 9.78 Å². The van der Waals surface area contributed by atoms with Crippen LogP contribution in [0.4, 0.5) is 0 Å². The van der Waals surface area contributed by atoms with Crippen LogP contribution in [0.2, 0.25) is 5.28 Å². The molecule has 0 aliphatic rings. The van der Waals surface area contributed by atoms with Gasteiger partial charge in [-0.2, -0.15) is 4.98 Å². The SMILES string of the molecule is O=c1oc2nc(Cl)ncc2cc1Br. The summed E-state index contributed by atoms with van der Waals surface area (Å²) in [6.45, 7) is 0. The molecule has 0 amide bonds. The minimum Gasteiger partial charge on any atom is -0.403 e. The topological polar surface area (TPSA) is 56.0 Å². The van der Waals surface area contributed by atoms with E-state index in [-0.39, 0.29) is 11.0 Å². The summed E-state index contributed by atoms with van der Waals surface area (Å²) in [6.07, 6.45) is 1.48. The van der Waals surface area contributed by atoms with Crippen molar-refractivity contribution in [1.29, 1.82) is 0 Å². The molecule has 2 rings (SSSR count). The van der Waals surface area contributed by atoms with Gasteiger partial charge in [0.1, 0.15) is 4.47 Å². The highest BCUT2D eigenvalue weighted by Gasteiger charge is 2.04. The summed E-state index contributed by atoms with van der Waals surface area (Å²) in [5.74, 6) is 0. The molecule has 0 spiro atoms. The van der Waals surface area contributed by atoms with Gasteiger partial charge in [0, 0.05) is 6.20 Å². The van der Waals surface area contributed by atoms with E-state index in [0.717, 1.165) is 0 Å². The number of hydrogen-bond acceptors (Lipinski definition) is 4. The molecule has 2 aromatic rings. The summed E-state index contributed by atoms with van der Waals surface area (Å²) in [4.78, 5) is 18.5. The van der Waals surface area contributed by atoms with Gasteiger partial charge in [0.05, 0.1) is 5.39 Å². The van der Waals surface area contributed by atoms with Crippen LogP contribution in [0, 0.1) is 0 Å². The highest BCUT2D eigenvalue weighted by molar-refractivity contribution is 9.10. The Morgan fingerprint density at radius 2 is 2.31 bits per heavy atom. The first-order valence-electron chi connectivity index (χ1n) is 3.29. The van der Waals surface area contributed by atoms with Crippen LogP contribution in [0.25, 0.3) is 11.1 Å². The van der Waals surface area contributed by atoms with E-state index >= 15 is 0 Å². The molecule has 0 fully saturated rings. The molecule has 0 aliphatic heterocycles. The molecular formula is C7H2BrClN2O2. The highest BCUT2D eigenvalue weighted by atomic mass is 79.9. The van der Waals surface area contributed by atoms with Gasteiger partial charge in [-0.15, -0.1) is 0 Å². The number of hydrogen-bond donors (Lipinski definition) is 0. The average Bonchev–Trinajstić information content (AvgIpc) is 2.08. The fraction of sp³-hybridized carbons (Fsp3) is 0. The lowest BCUT2D eigenvalue weighted by Crippen LogP contribution is -2.00. The van der Waals surface area contributed by atoms with E-state index < -0.39 is 5.63 Å². The molecule has 0 aromatic carbocycles. The molecule has 6 heteroatoms. The van der Waals surface area contributed by atoms with Crippen molar-refractivity contribution in [3.05, 3.63) is 32.4 Å².